The molecule has 0 radical (unpaired) electrons. The number of rotatable bonds is 9. The Bertz CT molecular complexity index is 1250. The van der Waals surface area contributed by atoms with Crippen molar-refractivity contribution in [3.05, 3.63) is 45.6 Å². The van der Waals surface area contributed by atoms with Crippen LogP contribution in [0.15, 0.2) is 23.1 Å². The predicted octanol–water partition coefficient (Wildman–Crippen LogP) is 2.93. The Morgan fingerprint density at radius 1 is 1.26 bits per heavy atom. The molecular formula is C24H25N5O5S. The summed E-state index contributed by atoms with van der Waals surface area (Å²) in [5, 5.41) is 15.6. The molecule has 35 heavy (non-hydrogen) atoms. The van der Waals surface area contributed by atoms with Crippen LogP contribution in [-0.2, 0) is 22.6 Å². The van der Waals surface area contributed by atoms with Crippen molar-refractivity contribution in [2.45, 2.75) is 39.7 Å². The van der Waals surface area contributed by atoms with Crippen LogP contribution in [0.3, 0.4) is 0 Å². The number of aryl methyl sites for hydroxylation is 2. The first-order valence-corrected chi connectivity index (χ1v) is 12.0. The first kappa shape index (κ1) is 24.3. The monoisotopic (exact) mass is 495 g/mol. The van der Waals surface area contributed by atoms with Crippen molar-refractivity contribution in [3.63, 3.8) is 0 Å². The number of carbonyl (C=O) groups excluding carboxylic acids is 3. The van der Waals surface area contributed by atoms with Gasteiger partial charge >= 0.3 is 0 Å². The molecule has 1 saturated heterocycles. The number of nitriles is 1. The van der Waals surface area contributed by atoms with Crippen LogP contribution < -0.4 is 14.8 Å². The SMILES string of the molecule is Cc1nn(CCC#N)c(C)c1CCC(=O)NCCN1C(=O)S/C(=C\c2ccc3c(c2)OCO3)C1=O. The number of imide groups is 1. The normalized spacial score (nSPS) is 15.7. The number of hydrogen-bond acceptors (Lipinski definition) is 8. The van der Waals surface area contributed by atoms with Gasteiger partial charge in [-0.15, -0.1) is 0 Å². The van der Waals surface area contributed by atoms with Gasteiger partial charge in [0.25, 0.3) is 11.1 Å². The second-order valence-electron chi connectivity index (χ2n) is 8.08. The summed E-state index contributed by atoms with van der Waals surface area (Å²) < 4.78 is 12.4. The lowest BCUT2D eigenvalue weighted by Gasteiger charge is -2.13. The van der Waals surface area contributed by atoms with Crippen molar-refractivity contribution >= 4 is 34.9 Å². The van der Waals surface area contributed by atoms with Crippen molar-refractivity contribution < 1.29 is 23.9 Å². The highest BCUT2D eigenvalue weighted by atomic mass is 32.2. The summed E-state index contributed by atoms with van der Waals surface area (Å²) in [6.07, 6.45) is 2.81. The number of nitrogens with zero attached hydrogens (tertiary/aromatic N) is 4. The molecule has 182 valence electrons. The van der Waals surface area contributed by atoms with Gasteiger partial charge in [0.1, 0.15) is 0 Å². The third-order valence-corrected chi connectivity index (χ3v) is 6.70. The fourth-order valence-corrected chi connectivity index (χ4v) is 4.82. The van der Waals surface area contributed by atoms with Gasteiger partial charge in [-0.1, -0.05) is 6.07 Å². The van der Waals surface area contributed by atoms with E-state index in [4.69, 9.17) is 14.7 Å². The Morgan fingerprint density at radius 3 is 2.86 bits per heavy atom. The van der Waals surface area contributed by atoms with Gasteiger partial charge in [-0.2, -0.15) is 10.4 Å². The van der Waals surface area contributed by atoms with Crippen molar-refractivity contribution in [1.82, 2.24) is 20.0 Å². The van der Waals surface area contributed by atoms with E-state index in [9.17, 15) is 14.4 Å². The average molecular weight is 496 g/mol. The molecule has 0 unspecified atom stereocenters. The van der Waals surface area contributed by atoms with Crippen molar-refractivity contribution in [1.29, 1.82) is 5.26 Å². The molecule has 0 aliphatic carbocycles. The lowest BCUT2D eigenvalue weighted by molar-refractivity contribution is -0.124. The van der Waals surface area contributed by atoms with Gasteiger partial charge in [0.2, 0.25) is 12.7 Å². The zero-order valence-electron chi connectivity index (χ0n) is 19.5. The largest absolute Gasteiger partial charge is 0.454 e. The van der Waals surface area contributed by atoms with E-state index in [1.54, 1.807) is 29.0 Å². The Kier molecular flexibility index (Phi) is 7.41. The summed E-state index contributed by atoms with van der Waals surface area (Å²) in [6.45, 7) is 4.77. The van der Waals surface area contributed by atoms with Crippen LogP contribution in [0.4, 0.5) is 4.79 Å². The van der Waals surface area contributed by atoms with E-state index in [2.05, 4.69) is 16.5 Å². The third kappa shape index (κ3) is 5.49. The summed E-state index contributed by atoms with van der Waals surface area (Å²) in [6, 6.07) is 7.41. The molecule has 2 aliphatic rings. The highest BCUT2D eigenvalue weighted by molar-refractivity contribution is 8.18. The zero-order chi connectivity index (χ0) is 24.9. The van der Waals surface area contributed by atoms with Crippen LogP contribution in [0.25, 0.3) is 6.08 Å². The van der Waals surface area contributed by atoms with Crippen molar-refractivity contribution in [3.8, 4) is 17.6 Å². The number of fused-ring (bicyclic) bond motifs is 1. The second kappa shape index (κ2) is 10.7. The molecule has 3 amide bonds. The van der Waals surface area contributed by atoms with E-state index in [1.807, 2.05) is 13.8 Å². The second-order valence-corrected chi connectivity index (χ2v) is 9.07. The summed E-state index contributed by atoms with van der Waals surface area (Å²) in [7, 11) is 0. The highest BCUT2D eigenvalue weighted by Gasteiger charge is 2.34. The quantitative estimate of drug-likeness (QED) is 0.526. The van der Waals surface area contributed by atoms with Crippen LogP contribution in [-0.4, -0.2) is 51.6 Å². The topological polar surface area (TPSA) is 127 Å². The lowest BCUT2D eigenvalue weighted by Crippen LogP contribution is -2.37. The van der Waals surface area contributed by atoms with Crippen LogP contribution in [0.1, 0.15) is 35.4 Å². The zero-order valence-corrected chi connectivity index (χ0v) is 20.3. The Morgan fingerprint density at radius 2 is 2.06 bits per heavy atom. The van der Waals surface area contributed by atoms with Gasteiger partial charge in [0.05, 0.1) is 29.6 Å². The van der Waals surface area contributed by atoms with Gasteiger partial charge in [-0.05, 0) is 61.4 Å². The average Bonchev–Trinajstić information content (AvgIpc) is 3.48. The number of amides is 3. The number of nitrogens with one attached hydrogen (secondary N) is 1. The maximum absolute atomic E-state index is 12.7. The first-order valence-electron chi connectivity index (χ1n) is 11.2. The molecule has 0 spiro atoms. The van der Waals surface area contributed by atoms with E-state index in [0.717, 1.165) is 39.2 Å². The number of thioether (sulfide) groups is 1. The fourth-order valence-electron chi connectivity index (χ4n) is 3.95. The number of ether oxygens (including phenoxy) is 2. The molecule has 1 aromatic heterocycles. The molecule has 0 bridgehead atoms. The molecule has 2 aliphatic heterocycles. The number of hydrogen-bond donors (Lipinski definition) is 1. The number of carbonyl (C=O) groups is 3. The molecule has 1 N–H and O–H groups in total. The minimum Gasteiger partial charge on any atom is -0.454 e. The Balaban J connectivity index is 1.27. The summed E-state index contributed by atoms with van der Waals surface area (Å²) in [5.41, 5.74) is 3.53. The molecule has 3 heterocycles. The maximum atomic E-state index is 12.7. The summed E-state index contributed by atoms with van der Waals surface area (Å²) in [4.78, 5) is 38.9. The molecule has 2 aromatic rings. The predicted molar refractivity (Wildman–Crippen MR) is 129 cm³/mol. The minimum atomic E-state index is -0.386. The Hall–Kier alpha value is -3.78. The van der Waals surface area contributed by atoms with Crippen LogP contribution in [0.2, 0.25) is 0 Å². The van der Waals surface area contributed by atoms with E-state index < -0.39 is 0 Å². The smallest absolute Gasteiger partial charge is 0.293 e. The van der Waals surface area contributed by atoms with E-state index in [-0.39, 0.29) is 43.4 Å². The maximum Gasteiger partial charge on any atom is 0.293 e. The standard InChI is InChI=1S/C24H25N5O5S/c1-15-18(16(2)29(27-15)10-3-8-25)5-7-22(30)26-9-11-28-23(31)21(35-24(28)32)13-17-4-6-19-20(12-17)34-14-33-19/h4,6,12-13H,3,5,7,9-11,14H2,1-2H3,(H,26,30)/b21-13-. The van der Waals surface area contributed by atoms with Crippen molar-refractivity contribution in [2.24, 2.45) is 0 Å². The van der Waals surface area contributed by atoms with Gasteiger partial charge in [0.15, 0.2) is 11.5 Å². The van der Waals surface area contributed by atoms with Crippen LogP contribution in [0, 0.1) is 25.2 Å². The summed E-state index contributed by atoms with van der Waals surface area (Å²) >= 11 is 0.872. The van der Waals surface area contributed by atoms with Gasteiger partial charge < -0.3 is 14.8 Å². The summed E-state index contributed by atoms with van der Waals surface area (Å²) in [5.74, 6) is 0.684. The molecule has 10 nitrogen and oxygen atoms in total. The van der Waals surface area contributed by atoms with Gasteiger partial charge in [-0.25, -0.2) is 0 Å². The van der Waals surface area contributed by atoms with E-state index in [0.29, 0.717) is 35.8 Å². The van der Waals surface area contributed by atoms with Crippen LogP contribution >= 0.6 is 11.8 Å². The molecule has 1 fully saturated rings. The first-order chi connectivity index (χ1) is 16.9. The molecule has 1 aromatic carbocycles. The molecule has 0 atom stereocenters. The Labute approximate surface area is 206 Å². The van der Waals surface area contributed by atoms with Gasteiger partial charge in [0, 0.05) is 25.2 Å². The fraction of sp³-hybridized carbons (Fsp3) is 0.375. The van der Waals surface area contributed by atoms with E-state index in [1.165, 1.54) is 0 Å². The lowest BCUT2D eigenvalue weighted by atomic mass is 10.1. The van der Waals surface area contributed by atoms with Crippen molar-refractivity contribution in [2.75, 3.05) is 19.9 Å². The molecule has 11 heteroatoms. The van der Waals surface area contributed by atoms with Gasteiger partial charge in [-0.3, -0.25) is 24.0 Å². The number of aromatic nitrogens is 2. The molecular weight excluding hydrogens is 470 g/mol. The van der Waals surface area contributed by atoms with E-state index >= 15 is 0 Å². The highest BCUT2D eigenvalue weighted by Crippen LogP contribution is 2.36. The number of benzene rings is 1. The van der Waals surface area contributed by atoms with Crippen LogP contribution in [0.5, 0.6) is 11.5 Å². The molecule has 4 rings (SSSR count). The molecule has 0 saturated carbocycles. The minimum absolute atomic E-state index is 0.0963. The third-order valence-electron chi connectivity index (χ3n) is 5.79.